The summed E-state index contributed by atoms with van der Waals surface area (Å²) in [6.07, 6.45) is 3.35. The first-order valence-electron chi connectivity index (χ1n) is 7.23. The standard InChI is InChI=1S/C16H22N2OS/c1-19-8-6-14-10-17(13-16-5-3-9-20-16)12-15-4-2-7-18(15)11-14/h2-5,7,9,14H,6,8,10-13H2,1H3. The first kappa shape index (κ1) is 13.9. The maximum absolute atomic E-state index is 5.27. The Kier molecular flexibility index (Phi) is 4.55. The van der Waals surface area contributed by atoms with Gasteiger partial charge in [0.25, 0.3) is 0 Å². The third kappa shape index (κ3) is 3.32. The first-order valence-corrected chi connectivity index (χ1v) is 8.11. The molecular formula is C16H22N2OS. The number of nitrogens with zero attached hydrogens (tertiary/aromatic N) is 2. The summed E-state index contributed by atoms with van der Waals surface area (Å²) in [4.78, 5) is 4.03. The predicted octanol–water partition coefficient (Wildman–Crippen LogP) is 3.22. The Morgan fingerprint density at radius 3 is 3.05 bits per heavy atom. The lowest BCUT2D eigenvalue weighted by molar-refractivity contribution is 0.152. The summed E-state index contributed by atoms with van der Waals surface area (Å²) in [5.74, 6) is 0.670. The molecule has 3 rings (SSSR count). The summed E-state index contributed by atoms with van der Waals surface area (Å²) in [5.41, 5.74) is 1.43. The van der Waals surface area contributed by atoms with Gasteiger partial charge in [-0.3, -0.25) is 4.90 Å². The second-order valence-corrected chi connectivity index (χ2v) is 6.58. The van der Waals surface area contributed by atoms with Crippen LogP contribution in [0.15, 0.2) is 35.8 Å². The molecule has 4 heteroatoms. The molecule has 0 N–H and O–H groups in total. The SMILES string of the molecule is COCCC1CN(Cc2cccs2)Cc2cccn2C1. The van der Waals surface area contributed by atoms with Crippen molar-refractivity contribution in [1.82, 2.24) is 9.47 Å². The van der Waals surface area contributed by atoms with Crippen molar-refractivity contribution in [2.75, 3.05) is 20.3 Å². The van der Waals surface area contributed by atoms with E-state index in [1.807, 2.05) is 11.3 Å². The van der Waals surface area contributed by atoms with Crippen LogP contribution in [0.2, 0.25) is 0 Å². The lowest BCUT2D eigenvalue weighted by Gasteiger charge is -2.23. The van der Waals surface area contributed by atoms with E-state index in [1.54, 1.807) is 7.11 Å². The van der Waals surface area contributed by atoms with Gasteiger partial charge in [0, 0.05) is 56.7 Å². The molecule has 1 unspecified atom stereocenters. The fourth-order valence-electron chi connectivity index (χ4n) is 2.98. The molecule has 0 saturated heterocycles. The number of hydrogen-bond donors (Lipinski definition) is 0. The third-order valence-corrected chi connectivity index (χ3v) is 4.83. The van der Waals surface area contributed by atoms with Gasteiger partial charge in [-0.25, -0.2) is 0 Å². The lowest BCUT2D eigenvalue weighted by atomic mass is 10.1. The molecule has 3 heterocycles. The van der Waals surface area contributed by atoms with Crippen LogP contribution < -0.4 is 0 Å². The molecular weight excluding hydrogens is 268 g/mol. The van der Waals surface area contributed by atoms with Crippen LogP contribution in [0.3, 0.4) is 0 Å². The topological polar surface area (TPSA) is 17.4 Å². The summed E-state index contributed by atoms with van der Waals surface area (Å²) < 4.78 is 7.68. The third-order valence-electron chi connectivity index (χ3n) is 3.97. The van der Waals surface area contributed by atoms with Crippen molar-refractivity contribution in [2.24, 2.45) is 5.92 Å². The number of hydrogen-bond acceptors (Lipinski definition) is 3. The van der Waals surface area contributed by atoms with E-state index in [0.29, 0.717) is 5.92 Å². The van der Waals surface area contributed by atoms with Gasteiger partial charge in [0.15, 0.2) is 0 Å². The fourth-order valence-corrected chi connectivity index (χ4v) is 3.72. The van der Waals surface area contributed by atoms with Gasteiger partial charge in [-0.2, -0.15) is 0 Å². The van der Waals surface area contributed by atoms with E-state index < -0.39 is 0 Å². The van der Waals surface area contributed by atoms with Gasteiger partial charge in [0.2, 0.25) is 0 Å². The van der Waals surface area contributed by atoms with Crippen LogP contribution >= 0.6 is 11.3 Å². The van der Waals surface area contributed by atoms with Gasteiger partial charge >= 0.3 is 0 Å². The summed E-state index contributed by atoms with van der Waals surface area (Å²) in [5, 5.41) is 2.16. The van der Waals surface area contributed by atoms with Gasteiger partial charge in [-0.1, -0.05) is 6.07 Å². The molecule has 2 aromatic heterocycles. The van der Waals surface area contributed by atoms with Crippen LogP contribution in [-0.4, -0.2) is 29.7 Å². The van der Waals surface area contributed by atoms with Crippen molar-refractivity contribution in [2.45, 2.75) is 26.1 Å². The van der Waals surface area contributed by atoms with Crippen molar-refractivity contribution in [3.05, 3.63) is 46.4 Å². The van der Waals surface area contributed by atoms with Gasteiger partial charge in [0.05, 0.1) is 0 Å². The van der Waals surface area contributed by atoms with E-state index in [0.717, 1.165) is 39.2 Å². The zero-order valence-electron chi connectivity index (χ0n) is 12.0. The van der Waals surface area contributed by atoms with Crippen molar-refractivity contribution >= 4 is 11.3 Å². The number of methoxy groups -OCH3 is 1. The van der Waals surface area contributed by atoms with Crippen LogP contribution in [0.25, 0.3) is 0 Å². The Labute approximate surface area is 124 Å². The van der Waals surface area contributed by atoms with Crippen LogP contribution in [0, 0.1) is 5.92 Å². The maximum Gasteiger partial charge on any atom is 0.0466 e. The van der Waals surface area contributed by atoms with Gasteiger partial charge in [-0.15, -0.1) is 11.3 Å². The quantitative estimate of drug-likeness (QED) is 0.841. The minimum atomic E-state index is 0.670. The Morgan fingerprint density at radius 2 is 2.25 bits per heavy atom. The molecule has 20 heavy (non-hydrogen) atoms. The number of aromatic nitrogens is 1. The van der Waals surface area contributed by atoms with E-state index in [4.69, 9.17) is 4.74 Å². The lowest BCUT2D eigenvalue weighted by Crippen LogP contribution is -2.27. The zero-order chi connectivity index (χ0) is 13.8. The molecule has 1 aliphatic rings. The van der Waals surface area contributed by atoms with Crippen molar-refractivity contribution < 1.29 is 4.74 Å². The van der Waals surface area contributed by atoms with E-state index >= 15 is 0 Å². The van der Waals surface area contributed by atoms with Crippen LogP contribution in [-0.2, 0) is 24.4 Å². The molecule has 0 bridgehead atoms. The van der Waals surface area contributed by atoms with Crippen molar-refractivity contribution in [3.8, 4) is 0 Å². The number of thiophene rings is 1. The molecule has 0 aromatic carbocycles. The predicted molar refractivity (Wildman–Crippen MR) is 82.8 cm³/mol. The normalized spacial score (nSPS) is 19.8. The highest BCUT2D eigenvalue weighted by Gasteiger charge is 2.21. The van der Waals surface area contributed by atoms with Crippen LogP contribution in [0.1, 0.15) is 17.0 Å². The average Bonchev–Trinajstić information content (AvgIpc) is 3.06. The largest absolute Gasteiger partial charge is 0.385 e. The summed E-state index contributed by atoms with van der Waals surface area (Å²) >= 11 is 1.85. The number of fused-ring (bicyclic) bond motifs is 1. The van der Waals surface area contributed by atoms with E-state index in [2.05, 4.69) is 45.3 Å². The molecule has 0 saturated carbocycles. The Morgan fingerprint density at radius 1 is 1.30 bits per heavy atom. The highest BCUT2D eigenvalue weighted by atomic mass is 32.1. The first-order chi connectivity index (χ1) is 9.85. The Bertz CT molecular complexity index is 520. The summed E-state index contributed by atoms with van der Waals surface area (Å²) in [6.45, 7) is 5.24. The molecule has 0 radical (unpaired) electrons. The minimum absolute atomic E-state index is 0.670. The van der Waals surface area contributed by atoms with Gasteiger partial charge in [-0.05, 0) is 35.9 Å². The minimum Gasteiger partial charge on any atom is -0.385 e. The Balaban J connectivity index is 1.73. The molecule has 108 valence electrons. The monoisotopic (exact) mass is 290 g/mol. The highest BCUT2D eigenvalue weighted by molar-refractivity contribution is 7.09. The molecule has 0 amide bonds. The van der Waals surface area contributed by atoms with E-state index in [9.17, 15) is 0 Å². The molecule has 1 atom stereocenters. The zero-order valence-corrected chi connectivity index (χ0v) is 12.8. The van der Waals surface area contributed by atoms with Crippen LogP contribution in [0.5, 0.6) is 0 Å². The molecule has 0 aliphatic carbocycles. The smallest absolute Gasteiger partial charge is 0.0466 e. The molecule has 2 aromatic rings. The van der Waals surface area contributed by atoms with Gasteiger partial charge in [0.1, 0.15) is 0 Å². The summed E-state index contributed by atoms with van der Waals surface area (Å²) in [6, 6.07) is 8.79. The second kappa shape index (κ2) is 6.57. The molecule has 1 aliphatic heterocycles. The average molecular weight is 290 g/mol. The highest BCUT2D eigenvalue weighted by Crippen LogP contribution is 2.22. The number of ether oxygens (including phenoxy) is 1. The van der Waals surface area contributed by atoms with Crippen molar-refractivity contribution in [1.29, 1.82) is 0 Å². The molecule has 0 spiro atoms. The summed E-state index contributed by atoms with van der Waals surface area (Å²) in [7, 11) is 1.79. The van der Waals surface area contributed by atoms with Crippen molar-refractivity contribution in [3.63, 3.8) is 0 Å². The van der Waals surface area contributed by atoms with Crippen LogP contribution in [0.4, 0.5) is 0 Å². The number of rotatable bonds is 5. The van der Waals surface area contributed by atoms with E-state index in [1.165, 1.54) is 10.6 Å². The Hall–Kier alpha value is -1.10. The molecule has 3 nitrogen and oxygen atoms in total. The maximum atomic E-state index is 5.27. The van der Waals surface area contributed by atoms with Gasteiger partial charge < -0.3 is 9.30 Å². The molecule has 0 fully saturated rings. The van der Waals surface area contributed by atoms with E-state index in [-0.39, 0.29) is 0 Å². The fraction of sp³-hybridized carbons (Fsp3) is 0.500. The second-order valence-electron chi connectivity index (χ2n) is 5.55.